The van der Waals surface area contributed by atoms with Gasteiger partial charge in [-0.25, -0.2) is 18.1 Å². The Morgan fingerprint density at radius 2 is 1.83 bits per heavy atom. The van der Waals surface area contributed by atoms with Crippen LogP contribution in [0.5, 0.6) is 0 Å². The van der Waals surface area contributed by atoms with Crippen LogP contribution in [0.1, 0.15) is 18.1 Å². The number of benzene rings is 2. The molecule has 2 aromatic rings. The third-order valence-corrected chi connectivity index (χ3v) is 5.52. The summed E-state index contributed by atoms with van der Waals surface area (Å²) in [5.41, 5.74) is 1.98. The Bertz CT molecular complexity index is 982. The van der Waals surface area contributed by atoms with Gasteiger partial charge in [0.25, 0.3) is 5.69 Å². The molecule has 164 valence electrons. The normalized spacial score (nSPS) is 11.5. The Labute approximate surface area is 193 Å². The number of hydrogen-bond donors (Lipinski definition) is 3. The molecule has 2 aromatic carbocycles. The minimum atomic E-state index is -3.84. The van der Waals surface area contributed by atoms with Crippen molar-refractivity contribution in [3.05, 3.63) is 69.8 Å². The quantitative estimate of drug-likeness (QED) is 0.111. The zero-order valence-electron chi connectivity index (χ0n) is 16.8. The maximum absolute atomic E-state index is 12.3. The van der Waals surface area contributed by atoms with E-state index < -0.39 is 14.9 Å². The van der Waals surface area contributed by atoms with Gasteiger partial charge in [0.1, 0.15) is 0 Å². The van der Waals surface area contributed by atoms with E-state index in [2.05, 4.69) is 20.3 Å². The molecule has 0 aromatic heterocycles. The Hall–Kier alpha value is -2.25. The van der Waals surface area contributed by atoms with Crippen molar-refractivity contribution in [2.24, 2.45) is 4.99 Å². The van der Waals surface area contributed by atoms with Crippen LogP contribution in [0.3, 0.4) is 0 Å². The van der Waals surface area contributed by atoms with Gasteiger partial charge in [-0.05, 0) is 31.0 Å². The van der Waals surface area contributed by atoms with Crippen LogP contribution < -0.4 is 15.4 Å². The molecular formula is C19H26IN5O4S. The van der Waals surface area contributed by atoms with E-state index >= 15 is 0 Å². The van der Waals surface area contributed by atoms with Gasteiger partial charge in [0, 0.05) is 31.8 Å². The number of guanidine groups is 1. The summed E-state index contributed by atoms with van der Waals surface area (Å²) in [6, 6.07) is 12.9. The predicted octanol–water partition coefficient (Wildman–Crippen LogP) is 2.55. The van der Waals surface area contributed by atoms with E-state index in [1.165, 1.54) is 18.2 Å². The van der Waals surface area contributed by atoms with Crippen molar-refractivity contribution in [3.8, 4) is 0 Å². The van der Waals surface area contributed by atoms with Gasteiger partial charge in [0.15, 0.2) is 5.96 Å². The highest BCUT2D eigenvalue weighted by atomic mass is 127. The highest BCUT2D eigenvalue weighted by Gasteiger charge is 2.17. The molecule has 0 unspecified atom stereocenters. The molecule has 0 bridgehead atoms. The number of hydrogen-bond acceptors (Lipinski definition) is 5. The lowest BCUT2D eigenvalue weighted by atomic mass is 10.1. The molecule has 0 spiro atoms. The van der Waals surface area contributed by atoms with E-state index in [4.69, 9.17) is 0 Å². The van der Waals surface area contributed by atoms with Crippen LogP contribution in [0.2, 0.25) is 0 Å². The summed E-state index contributed by atoms with van der Waals surface area (Å²) in [6.45, 7) is 5.53. The fourth-order valence-corrected chi connectivity index (χ4v) is 3.58. The second kappa shape index (κ2) is 12.4. The van der Waals surface area contributed by atoms with Gasteiger partial charge >= 0.3 is 0 Å². The number of nitro groups is 1. The molecule has 3 N–H and O–H groups in total. The zero-order chi connectivity index (χ0) is 21.3. The third kappa shape index (κ3) is 7.88. The molecule has 9 nitrogen and oxygen atoms in total. The van der Waals surface area contributed by atoms with Crippen LogP contribution in [0.25, 0.3) is 0 Å². The molecule has 0 aliphatic carbocycles. The number of nitrogens with zero attached hydrogens (tertiary/aromatic N) is 2. The zero-order valence-corrected chi connectivity index (χ0v) is 19.9. The molecular weight excluding hydrogens is 521 g/mol. The maximum atomic E-state index is 12.3. The number of nitrogens with one attached hydrogen (secondary N) is 3. The van der Waals surface area contributed by atoms with E-state index in [0.717, 1.165) is 17.2 Å². The minimum Gasteiger partial charge on any atom is -0.357 e. The highest BCUT2D eigenvalue weighted by molar-refractivity contribution is 14.0. The van der Waals surface area contributed by atoms with Gasteiger partial charge in [0.2, 0.25) is 10.0 Å². The standard InChI is InChI=1S/C19H25N5O4S.HI/c1-3-20-19(22-14-16-8-5-4-7-15(16)2)21-11-12-23-29(27,28)18-10-6-9-17(13-18)24(25)26;/h4-10,13,23H,3,11-12,14H2,1-2H3,(H2,20,21,22);1H. The average Bonchev–Trinajstić information content (AvgIpc) is 2.70. The van der Waals surface area contributed by atoms with Crippen LogP contribution in [-0.4, -0.2) is 38.9 Å². The summed E-state index contributed by atoms with van der Waals surface area (Å²) >= 11 is 0. The van der Waals surface area contributed by atoms with E-state index in [0.29, 0.717) is 25.6 Å². The van der Waals surface area contributed by atoms with Crippen LogP contribution in [0, 0.1) is 17.0 Å². The van der Waals surface area contributed by atoms with E-state index in [-0.39, 0.29) is 41.1 Å². The summed E-state index contributed by atoms with van der Waals surface area (Å²) in [7, 11) is -3.84. The maximum Gasteiger partial charge on any atom is 0.270 e. The van der Waals surface area contributed by atoms with Crippen LogP contribution in [0.4, 0.5) is 5.69 Å². The first-order valence-corrected chi connectivity index (χ1v) is 10.6. The number of rotatable bonds is 9. The molecule has 0 saturated carbocycles. The lowest BCUT2D eigenvalue weighted by molar-refractivity contribution is -0.385. The van der Waals surface area contributed by atoms with Crippen molar-refractivity contribution in [3.63, 3.8) is 0 Å². The first-order valence-electron chi connectivity index (χ1n) is 9.14. The van der Waals surface area contributed by atoms with Gasteiger partial charge in [-0.15, -0.1) is 24.0 Å². The average molecular weight is 547 g/mol. The fraction of sp³-hybridized carbons (Fsp3) is 0.316. The second-order valence-electron chi connectivity index (χ2n) is 6.20. The smallest absolute Gasteiger partial charge is 0.270 e. The number of nitro benzene ring substituents is 1. The number of halogens is 1. The summed E-state index contributed by atoms with van der Waals surface area (Å²) < 4.78 is 27.1. The highest BCUT2D eigenvalue weighted by Crippen LogP contribution is 2.16. The molecule has 0 atom stereocenters. The van der Waals surface area contributed by atoms with E-state index in [1.807, 2.05) is 38.1 Å². The topological polar surface area (TPSA) is 126 Å². The molecule has 0 radical (unpaired) electrons. The van der Waals surface area contributed by atoms with Gasteiger partial charge in [-0.3, -0.25) is 10.1 Å². The van der Waals surface area contributed by atoms with E-state index in [1.54, 1.807) is 0 Å². The molecule has 30 heavy (non-hydrogen) atoms. The Morgan fingerprint density at radius 3 is 2.50 bits per heavy atom. The van der Waals surface area contributed by atoms with Crippen LogP contribution >= 0.6 is 24.0 Å². The monoisotopic (exact) mass is 547 g/mol. The fourth-order valence-electron chi connectivity index (χ4n) is 2.51. The van der Waals surface area contributed by atoms with Gasteiger partial charge < -0.3 is 10.6 Å². The molecule has 0 saturated heterocycles. The molecule has 0 aliphatic heterocycles. The largest absolute Gasteiger partial charge is 0.357 e. The van der Waals surface area contributed by atoms with Crippen molar-refractivity contribution in [1.29, 1.82) is 0 Å². The Kier molecular flexibility index (Phi) is 10.7. The molecule has 0 fully saturated rings. The minimum absolute atomic E-state index is 0. The SMILES string of the molecule is CCNC(=NCc1ccccc1C)NCCNS(=O)(=O)c1cccc([N+](=O)[O-])c1.I. The summed E-state index contributed by atoms with van der Waals surface area (Å²) in [5, 5.41) is 17.0. The molecule has 11 heteroatoms. The van der Waals surface area contributed by atoms with Gasteiger partial charge in [-0.2, -0.15) is 0 Å². The predicted molar refractivity (Wildman–Crippen MR) is 128 cm³/mol. The lowest BCUT2D eigenvalue weighted by Gasteiger charge is -2.12. The van der Waals surface area contributed by atoms with Crippen molar-refractivity contribution in [2.45, 2.75) is 25.3 Å². The lowest BCUT2D eigenvalue weighted by Crippen LogP contribution is -2.41. The number of aliphatic imine (C=N–C) groups is 1. The Balaban J connectivity index is 0.00000450. The number of non-ortho nitro benzene ring substituents is 1. The summed E-state index contributed by atoms with van der Waals surface area (Å²) in [6.07, 6.45) is 0. The van der Waals surface area contributed by atoms with Crippen LogP contribution in [-0.2, 0) is 16.6 Å². The van der Waals surface area contributed by atoms with Gasteiger partial charge in [-0.1, -0.05) is 30.3 Å². The van der Waals surface area contributed by atoms with Crippen LogP contribution in [0.15, 0.2) is 58.4 Å². The van der Waals surface area contributed by atoms with Crippen molar-refractivity contribution < 1.29 is 13.3 Å². The number of aryl methyl sites for hydroxylation is 1. The summed E-state index contributed by atoms with van der Waals surface area (Å²) in [5.74, 6) is 0.574. The molecule has 0 amide bonds. The second-order valence-corrected chi connectivity index (χ2v) is 7.97. The Morgan fingerprint density at radius 1 is 1.10 bits per heavy atom. The molecule has 0 heterocycles. The first kappa shape index (κ1) is 25.8. The molecule has 0 aliphatic rings. The van der Waals surface area contributed by atoms with Crippen molar-refractivity contribution in [1.82, 2.24) is 15.4 Å². The first-order chi connectivity index (χ1) is 13.8. The number of sulfonamides is 1. The van der Waals surface area contributed by atoms with E-state index in [9.17, 15) is 18.5 Å². The van der Waals surface area contributed by atoms with Crippen molar-refractivity contribution in [2.75, 3.05) is 19.6 Å². The summed E-state index contributed by atoms with van der Waals surface area (Å²) in [4.78, 5) is 14.6. The van der Waals surface area contributed by atoms with Crippen molar-refractivity contribution >= 4 is 45.6 Å². The molecule has 2 rings (SSSR count). The van der Waals surface area contributed by atoms with Gasteiger partial charge in [0.05, 0.1) is 16.4 Å². The third-order valence-electron chi connectivity index (χ3n) is 4.06.